The highest BCUT2D eigenvalue weighted by Gasteiger charge is 2.28. The third kappa shape index (κ3) is 5.20. The molecule has 1 atom stereocenters. The van der Waals surface area contributed by atoms with E-state index < -0.39 is 0 Å². The molecule has 7 nitrogen and oxygen atoms in total. The van der Waals surface area contributed by atoms with Gasteiger partial charge in [-0.25, -0.2) is 4.98 Å². The van der Waals surface area contributed by atoms with E-state index in [0.717, 1.165) is 81.3 Å². The van der Waals surface area contributed by atoms with E-state index >= 15 is 0 Å². The van der Waals surface area contributed by atoms with E-state index in [0.29, 0.717) is 13.1 Å². The Kier molecular flexibility index (Phi) is 6.88. The van der Waals surface area contributed by atoms with Crippen molar-refractivity contribution in [2.45, 2.75) is 25.9 Å². The number of hydrogen-bond acceptors (Lipinski definition) is 5. The van der Waals surface area contributed by atoms with Crippen LogP contribution >= 0.6 is 0 Å². The standard InChI is InChI=1S/C26H33N5O2/c32-25(27-19-21-7-2-1-3-8-21)22-9-6-12-30(20-22)26-28-23-10-4-5-11-24(23)31(26)14-13-29-15-17-33-18-16-29/h1-5,7-8,10-11,22H,6,9,12-20H2,(H,27,32). The minimum absolute atomic E-state index is 0.0185. The van der Waals surface area contributed by atoms with E-state index in [1.54, 1.807) is 0 Å². The molecule has 2 aromatic carbocycles. The average Bonchev–Trinajstić information content (AvgIpc) is 3.26. The van der Waals surface area contributed by atoms with Crippen molar-refractivity contribution in [3.05, 3.63) is 60.2 Å². The Morgan fingerprint density at radius 2 is 1.79 bits per heavy atom. The number of imidazole rings is 1. The minimum Gasteiger partial charge on any atom is -0.379 e. The summed E-state index contributed by atoms with van der Waals surface area (Å²) in [6.07, 6.45) is 1.92. The monoisotopic (exact) mass is 447 g/mol. The van der Waals surface area contributed by atoms with Crippen molar-refractivity contribution in [3.63, 3.8) is 0 Å². The van der Waals surface area contributed by atoms with Gasteiger partial charge in [0.05, 0.1) is 30.2 Å². The molecular weight excluding hydrogens is 414 g/mol. The lowest BCUT2D eigenvalue weighted by Crippen LogP contribution is -2.44. The third-order valence-electron chi connectivity index (χ3n) is 6.76. The van der Waals surface area contributed by atoms with Gasteiger partial charge in [0.2, 0.25) is 11.9 Å². The van der Waals surface area contributed by atoms with Gasteiger partial charge in [0.15, 0.2) is 0 Å². The van der Waals surface area contributed by atoms with Gasteiger partial charge in [-0.2, -0.15) is 0 Å². The lowest BCUT2D eigenvalue weighted by molar-refractivity contribution is -0.125. The molecule has 0 saturated carbocycles. The zero-order chi connectivity index (χ0) is 22.5. The number of nitrogens with one attached hydrogen (secondary N) is 1. The molecule has 3 heterocycles. The summed E-state index contributed by atoms with van der Waals surface area (Å²) in [7, 11) is 0. The number of nitrogens with zero attached hydrogens (tertiary/aromatic N) is 4. The van der Waals surface area contributed by atoms with Gasteiger partial charge in [-0.15, -0.1) is 0 Å². The third-order valence-corrected chi connectivity index (χ3v) is 6.76. The van der Waals surface area contributed by atoms with E-state index in [1.165, 1.54) is 0 Å². The van der Waals surface area contributed by atoms with Gasteiger partial charge < -0.3 is 19.5 Å². The minimum atomic E-state index is -0.0185. The summed E-state index contributed by atoms with van der Waals surface area (Å²) in [5.74, 6) is 1.11. The molecule has 7 heteroatoms. The second-order valence-corrected chi connectivity index (χ2v) is 8.99. The largest absolute Gasteiger partial charge is 0.379 e. The highest BCUT2D eigenvalue weighted by molar-refractivity contribution is 5.81. The Bertz CT molecular complexity index is 1060. The maximum absolute atomic E-state index is 13.0. The van der Waals surface area contributed by atoms with Gasteiger partial charge in [0, 0.05) is 45.8 Å². The highest BCUT2D eigenvalue weighted by atomic mass is 16.5. The molecule has 2 aliphatic rings. The number of rotatable bonds is 7. The van der Waals surface area contributed by atoms with Crippen molar-refractivity contribution in [1.82, 2.24) is 19.8 Å². The summed E-state index contributed by atoms with van der Waals surface area (Å²) in [4.78, 5) is 22.7. The number of hydrogen-bond donors (Lipinski definition) is 1. The van der Waals surface area contributed by atoms with Crippen molar-refractivity contribution >= 4 is 22.9 Å². The molecule has 5 rings (SSSR count). The fourth-order valence-electron chi connectivity index (χ4n) is 4.89. The number of amides is 1. The molecule has 2 aliphatic heterocycles. The van der Waals surface area contributed by atoms with E-state index in [4.69, 9.17) is 9.72 Å². The van der Waals surface area contributed by atoms with Crippen molar-refractivity contribution in [1.29, 1.82) is 0 Å². The molecule has 0 spiro atoms. The van der Waals surface area contributed by atoms with Gasteiger partial charge in [-0.3, -0.25) is 9.69 Å². The summed E-state index contributed by atoms with van der Waals surface area (Å²) in [6, 6.07) is 18.5. The number of piperidine rings is 1. The van der Waals surface area contributed by atoms with E-state index in [1.807, 2.05) is 36.4 Å². The second kappa shape index (κ2) is 10.4. The van der Waals surface area contributed by atoms with Gasteiger partial charge in [-0.1, -0.05) is 42.5 Å². The molecule has 3 aromatic rings. The van der Waals surface area contributed by atoms with Crippen LogP contribution in [0.15, 0.2) is 54.6 Å². The number of fused-ring (bicyclic) bond motifs is 1. The molecule has 0 radical (unpaired) electrons. The Morgan fingerprint density at radius 1 is 1.00 bits per heavy atom. The van der Waals surface area contributed by atoms with E-state index in [2.05, 4.69) is 37.9 Å². The Balaban J connectivity index is 1.29. The molecule has 2 saturated heterocycles. The molecular formula is C26H33N5O2. The van der Waals surface area contributed by atoms with Crippen LogP contribution in [-0.4, -0.2) is 66.3 Å². The van der Waals surface area contributed by atoms with Crippen LogP contribution in [0.4, 0.5) is 5.95 Å². The summed E-state index contributed by atoms with van der Waals surface area (Å²) in [5, 5.41) is 3.14. The van der Waals surface area contributed by atoms with Crippen LogP contribution in [0.2, 0.25) is 0 Å². The first-order valence-corrected chi connectivity index (χ1v) is 12.1. The number of ether oxygens (including phenoxy) is 1. The second-order valence-electron chi connectivity index (χ2n) is 8.99. The molecule has 2 fully saturated rings. The molecule has 1 amide bonds. The quantitative estimate of drug-likeness (QED) is 0.604. The Hall–Kier alpha value is -2.90. The van der Waals surface area contributed by atoms with Crippen molar-refractivity contribution < 1.29 is 9.53 Å². The lowest BCUT2D eigenvalue weighted by Gasteiger charge is -2.33. The number of carbonyl (C=O) groups is 1. The van der Waals surface area contributed by atoms with Gasteiger partial charge in [-0.05, 0) is 30.5 Å². The fraction of sp³-hybridized carbons (Fsp3) is 0.462. The number of aromatic nitrogens is 2. The number of para-hydroxylation sites is 2. The predicted molar refractivity (Wildman–Crippen MR) is 130 cm³/mol. The molecule has 0 bridgehead atoms. The summed E-state index contributed by atoms with van der Waals surface area (Å²) < 4.78 is 7.84. The van der Waals surface area contributed by atoms with Crippen LogP contribution in [0, 0.1) is 5.92 Å². The first kappa shape index (κ1) is 21.9. The first-order valence-electron chi connectivity index (χ1n) is 12.1. The Labute approximate surface area is 195 Å². The van der Waals surface area contributed by atoms with Crippen molar-refractivity contribution in [2.75, 3.05) is 50.8 Å². The average molecular weight is 448 g/mol. The number of anilines is 1. The fourth-order valence-corrected chi connectivity index (χ4v) is 4.89. The molecule has 0 aliphatic carbocycles. The summed E-state index contributed by atoms with van der Waals surface area (Å²) in [5.41, 5.74) is 3.31. The van der Waals surface area contributed by atoms with Crippen LogP contribution in [0.25, 0.3) is 11.0 Å². The van der Waals surface area contributed by atoms with Crippen LogP contribution < -0.4 is 10.2 Å². The smallest absolute Gasteiger partial charge is 0.225 e. The van der Waals surface area contributed by atoms with Crippen LogP contribution in [-0.2, 0) is 22.6 Å². The van der Waals surface area contributed by atoms with Crippen molar-refractivity contribution in [3.8, 4) is 0 Å². The number of morpholine rings is 1. The zero-order valence-corrected chi connectivity index (χ0v) is 19.2. The number of carbonyl (C=O) groups excluding carboxylic acids is 1. The maximum atomic E-state index is 13.0. The van der Waals surface area contributed by atoms with E-state index in [9.17, 15) is 4.79 Å². The maximum Gasteiger partial charge on any atom is 0.225 e. The van der Waals surface area contributed by atoms with E-state index in [-0.39, 0.29) is 11.8 Å². The zero-order valence-electron chi connectivity index (χ0n) is 19.2. The lowest BCUT2D eigenvalue weighted by atomic mass is 9.97. The van der Waals surface area contributed by atoms with Crippen LogP contribution in [0.5, 0.6) is 0 Å². The normalized spacial score (nSPS) is 19.6. The van der Waals surface area contributed by atoms with Gasteiger partial charge in [0.25, 0.3) is 0 Å². The summed E-state index contributed by atoms with van der Waals surface area (Å²) >= 11 is 0. The first-order chi connectivity index (χ1) is 16.3. The van der Waals surface area contributed by atoms with Crippen molar-refractivity contribution in [2.24, 2.45) is 5.92 Å². The molecule has 1 N–H and O–H groups in total. The van der Waals surface area contributed by atoms with Crippen LogP contribution in [0.3, 0.4) is 0 Å². The topological polar surface area (TPSA) is 62.6 Å². The van der Waals surface area contributed by atoms with Gasteiger partial charge in [0.1, 0.15) is 0 Å². The highest BCUT2D eigenvalue weighted by Crippen LogP contribution is 2.27. The molecule has 1 aromatic heterocycles. The molecule has 174 valence electrons. The number of benzene rings is 2. The molecule has 33 heavy (non-hydrogen) atoms. The predicted octanol–water partition coefficient (Wildman–Crippen LogP) is 2.90. The SMILES string of the molecule is O=C(NCc1ccccc1)C1CCCN(c2nc3ccccc3n2CCN2CCOCC2)C1. The van der Waals surface area contributed by atoms with Crippen LogP contribution in [0.1, 0.15) is 18.4 Å². The van der Waals surface area contributed by atoms with Gasteiger partial charge >= 0.3 is 0 Å². The summed E-state index contributed by atoms with van der Waals surface area (Å²) in [6.45, 7) is 7.67. The Morgan fingerprint density at radius 3 is 2.64 bits per heavy atom. The molecule has 1 unspecified atom stereocenters.